The molecular weight excluding hydrogens is 252 g/mol. The first-order chi connectivity index (χ1) is 9.81. The summed E-state index contributed by atoms with van der Waals surface area (Å²) in [4.78, 5) is 12.9. The first kappa shape index (κ1) is 13.0. The minimum atomic E-state index is 0.0976. The van der Waals surface area contributed by atoms with Gasteiger partial charge in [-0.15, -0.1) is 0 Å². The van der Waals surface area contributed by atoms with Crippen LogP contribution in [0.25, 0.3) is 0 Å². The Balaban J connectivity index is 1.52. The topological polar surface area (TPSA) is 59.9 Å². The quantitative estimate of drug-likeness (QED) is 0.872. The van der Waals surface area contributed by atoms with Gasteiger partial charge in [0.15, 0.2) is 0 Å². The van der Waals surface area contributed by atoms with E-state index >= 15 is 0 Å². The van der Waals surface area contributed by atoms with Crippen molar-refractivity contribution in [1.29, 1.82) is 0 Å². The zero-order chi connectivity index (χ0) is 13.8. The Morgan fingerprint density at radius 2 is 2.05 bits per heavy atom. The molecule has 2 aromatic heterocycles. The molecule has 1 N–H and O–H groups in total. The first-order valence-electron chi connectivity index (χ1n) is 6.93. The number of pyridine rings is 1. The molecule has 0 bridgehead atoms. The maximum Gasteiger partial charge on any atom is 0.144 e. The van der Waals surface area contributed by atoms with Gasteiger partial charge < -0.3 is 10.1 Å². The lowest BCUT2D eigenvalue weighted by Gasteiger charge is -2.12. The highest BCUT2D eigenvalue weighted by atomic mass is 16.5. The zero-order valence-electron chi connectivity index (χ0n) is 11.5. The Morgan fingerprint density at radius 1 is 1.25 bits per heavy atom. The van der Waals surface area contributed by atoms with Crippen LogP contribution >= 0.6 is 0 Å². The van der Waals surface area contributed by atoms with Gasteiger partial charge in [-0.2, -0.15) is 0 Å². The van der Waals surface area contributed by atoms with Crippen LogP contribution in [0.3, 0.4) is 0 Å². The summed E-state index contributed by atoms with van der Waals surface area (Å²) in [5.74, 6) is 1.65. The second kappa shape index (κ2) is 5.96. The Hall–Kier alpha value is -2.01. The number of nitrogens with one attached hydrogen (secondary N) is 1. The average molecular weight is 270 g/mol. The Kier molecular flexibility index (Phi) is 3.87. The third kappa shape index (κ3) is 3.51. The molecule has 1 aliphatic rings. The summed E-state index contributed by atoms with van der Waals surface area (Å²) in [5, 5.41) is 3.36. The Bertz CT molecular complexity index is 540. The van der Waals surface area contributed by atoms with Crippen LogP contribution < -0.4 is 10.1 Å². The predicted molar refractivity (Wildman–Crippen MR) is 75.2 cm³/mol. The third-order valence-corrected chi connectivity index (χ3v) is 3.19. The number of aromatic nitrogens is 3. The number of hydrogen-bond donors (Lipinski definition) is 1. The fourth-order valence-electron chi connectivity index (χ4n) is 1.85. The van der Waals surface area contributed by atoms with E-state index in [4.69, 9.17) is 4.74 Å². The first-order valence-corrected chi connectivity index (χ1v) is 6.93. The molecule has 2 heterocycles. The van der Waals surface area contributed by atoms with Crippen molar-refractivity contribution in [2.45, 2.75) is 38.5 Å². The molecule has 5 nitrogen and oxygen atoms in total. The second-order valence-corrected chi connectivity index (χ2v) is 5.01. The molecule has 0 spiro atoms. The normalized spacial score (nSPS) is 15.8. The zero-order valence-corrected chi connectivity index (χ0v) is 11.5. The monoisotopic (exact) mass is 270 g/mol. The standard InChI is InChI=1S/C15H18N4O/c1-11(15-16-7-2-8-17-15)18-9-12-3-4-14(10-19-12)20-13-5-6-13/h2-4,7-8,10-11,13,18H,5-6,9H2,1H3. The minimum absolute atomic E-state index is 0.0976. The largest absolute Gasteiger partial charge is 0.489 e. The predicted octanol–water partition coefficient (Wildman–Crippen LogP) is 2.26. The average Bonchev–Trinajstić information content (AvgIpc) is 3.31. The summed E-state index contributed by atoms with van der Waals surface area (Å²) in [6, 6.07) is 5.88. The van der Waals surface area contributed by atoms with Crippen LogP contribution in [-0.4, -0.2) is 21.1 Å². The van der Waals surface area contributed by atoms with E-state index < -0.39 is 0 Å². The van der Waals surface area contributed by atoms with Crippen molar-refractivity contribution in [3.05, 3.63) is 48.3 Å². The van der Waals surface area contributed by atoms with Crippen LogP contribution in [0.5, 0.6) is 5.75 Å². The lowest BCUT2D eigenvalue weighted by Crippen LogP contribution is -2.20. The van der Waals surface area contributed by atoms with Crippen LogP contribution in [0.1, 0.15) is 37.3 Å². The number of rotatable bonds is 6. The Morgan fingerprint density at radius 3 is 2.70 bits per heavy atom. The highest BCUT2D eigenvalue weighted by Gasteiger charge is 2.23. The molecular formula is C15H18N4O. The van der Waals surface area contributed by atoms with Crippen molar-refractivity contribution in [3.63, 3.8) is 0 Å². The summed E-state index contributed by atoms with van der Waals surface area (Å²) >= 11 is 0. The van der Waals surface area contributed by atoms with E-state index in [9.17, 15) is 0 Å². The van der Waals surface area contributed by atoms with Gasteiger partial charge in [0, 0.05) is 18.9 Å². The van der Waals surface area contributed by atoms with Crippen LogP contribution in [-0.2, 0) is 6.54 Å². The fourth-order valence-corrected chi connectivity index (χ4v) is 1.85. The highest BCUT2D eigenvalue weighted by molar-refractivity contribution is 5.20. The van der Waals surface area contributed by atoms with Gasteiger partial charge in [0.05, 0.1) is 24.0 Å². The van der Waals surface area contributed by atoms with Gasteiger partial charge in [0.2, 0.25) is 0 Å². The molecule has 1 fully saturated rings. The molecule has 104 valence electrons. The minimum Gasteiger partial charge on any atom is -0.489 e. The van der Waals surface area contributed by atoms with E-state index in [2.05, 4.69) is 20.3 Å². The molecule has 3 rings (SSSR count). The second-order valence-electron chi connectivity index (χ2n) is 5.01. The summed E-state index contributed by atoms with van der Waals surface area (Å²) in [6.07, 6.45) is 8.04. The summed E-state index contributed by atoms with van der Waals surface area (Å²) in [6.45, 7) is 2.73. The lowest BCUT2D eigenvalue weighted by atomic mass is 10.3. The Labute approximate surface area is 118 Å². The van der Waals surface area contributed by atoms with Gasteiger partial charge in [-0.3, -0.25) is 4.98 Å². The maximum absolute atomic E-state index is 5.67. The van der Waals surface area contributed by atoms with E-state index in [1.54, 1.807) is 18.6 Å². The number of nitrogens with zero attached hydrogens (tertiary/aromatic N) is 3. The van der Waals surface area contributed by atoms with Gasteiger partial charge in [-0.05, 0) is 38.0 Å². The van der Waals surface area contributed by atoms with Crippen molar-refractivity contribution >= 4 is 0 Å². The molecule has 0 saturated heterocycles. The van der Waals surface area contributed by atoms with Crippen molar-refractivity contribution < 1.29 is 4.74 Å². The molecule has 1 saturated carbocycles. The third-order valence-electron chi connectivity index (χ3n) is 3.19. The van der Waals surface area contributed by atoms with Crippen LogP contribution in [0, 0.1) is 0 Å². The molecule has 0 aliphatic heterocycles. The van der Waals surface area contributed by atoms with Crippen molar-refractivity contribution in [2.75, 3.05) is 0 Å². The van der Waals surface area contributed by atoms with Crippen molar-refractivity contribution in [1.82, 2.24) is 20.3 Å². The molecule has 1 unspecified atom stereocenters. The molecule has 5 heteroatoms. The van der Waals surface area contributed by atoms with Gasteiger partial charge in [0.1, 0.15) is 11.6 Å². The van der Waals surface area contributed by atoms with Gasteiger partial charge in [-0.25, -0.2) is 9.97 Å². The SMILES string of the molecule is CC(NCc1ccc(OC2CC2)cn1)c1ncccn1. The smallest absolute Gasteiger partial charge is 0.144 e. The van der Waals surface area contributed by atoms with E-state index in [1.165, 1.54) is 0 Å². The molecule has 0 radical (unpaired) electrons. The number of hydrogen-bond acceptors (Lipinski definition) is 5. The molecule has 1 aliphatic carbocycles. The molecule has 1 atom stereocenters. The summed E-state index contributed by atoms with van der Waals surface area (Å²) in [7, 11) is 0. The summed E-state index contributed by atoms with van der Waals surface area (Å²) < 4.78 is 5.67. The maximum atomic E-state index is 5.67. The van der Waals surface area contributed by atoms with Crippen LogP contribution in [0.4, 0.5) is 0 Å². The lowest BCUT2D eigenvalue weighted by molar-refractivity contribution is 0.301. The molecule has 0 aromatic carbocycles. The van der Waals surface area contributed by atoms with Crippen LogP contribution in [0.15, 0.2) is 36.8 Å². The van der Waals surface area contributed by atoms with Gasteiger partial charge in [0.25, 0.3) is 0 Å². The fraction of sp³-hybridized carbons (Fsp3) is 0.400. The van der Waals surface area contributed by atoms with E-state index in [1.807, 2.05) is 25.1 Å². The molecule has 20 heavy (non-hydrogen) atoms. The molecule has 0 amide bonds. The van der Waals surface area contributed by atoms with Crippen molar-refractivity contribution in [2.24, 2.45) is 0 Å². The van der Waals surface area contributed by atoms with Crippen molar-refractivity contribution in [3.8, 4) is 5.75 Å². The molecule has 2 aromatic rings. The highest BCUT2D eigenvalue weighted by Crippen LogP contribution is 2.26. The van der Waals surface area contributed by atoms with E-state index in [0.717, 1.165) is 30.1 Å². The van der Waals surface area contributed by atoms with E-state index in [-0.39, 0.29) is 6.04 Å². The van der Waals surface area contributed by atoms with Gasteiger partial charge in [-0.1, -0.05) is 0 Å². The van der Waals surface area contributed by atoms with Gasteiger partial charge >= 0.3 is 0 Å². The summed E-state index contributed by atoms with van der Waals surface area (Å²) in [5.41, 5.74) is 0.982. The number of ether oxygens (including phenoxy) is 1. The van der Waals surface area contributed by atoms with E-state index in [0.29, 0.717) is 12.6 Å². The van der Waals surface area contributed by atoms with Crippen LogP contribution in [0.2, 0.25) is 0 Å².